The number of carbonyl (C=O) groups excluding carboxylic acids is 2. The summed E-state index contributed by atoms with van der Waals surface area (Å²) in [5, 5.41) is 19.3. The number of unbranched alkanes of at least 4 members (excludes halogenated alkanes) is 1. The summed E-state index contributed by atoms with van der Waals surface area (Å²) in [5.74, 6) is -1.04. The number of benzene rings is 2. The maximum absolute atomic E-state index is 14.4. The maximum Gasteiger partial charge on any atom is 0.305 e. The number of hydrogen-bond donors (Lipinski definition) is 2. The van der Waals surface area contributed by atoms with E-state index in [0.29, 0.717) is 43.1 Å². The zero-order chi connectivity index (χ0) is 31.6. The number of hydrogen-bond acceptors (Lipinski definition) is 8. The standard InChI is InChI=1S/C32H41ClN4O6Si/c1-21-30(44(3,4)41)28(15-17-36-19-26(34-35-36)24(20-38)22-10-6-5-7-11-22)43-32(21)25-18-23(33)13-14-27(25)37(31(32)40)16-9-8-12-29(39)42-2/h5-7,10-11,13-14,18-19,21,24,28,30,38,41H,8-9,12,15-17,20H2,1-4H3/t21-,24?,28+,30-,32+/m1/s1. The van der Waals surface area contributed by atoms with E-state index < -0.39 is 20.0 Å². The molecule has 3 aromatic rings. The first kappa shape index (κ1) is 32.3. The molecule has 1 aromatic heterocycles. The highest BCUT2D eigenvalue weighted by Crippen LogP contribution is 2.60. The predicted octanol–water partition coefficient (Wildman–Crippen LogP) is 4.63. The molecular weight excluding hydrogens is 600 g/mol. The number of nitrogens with zero attached hydrogens (tertiary/aromatic N) is 4. The van der Waals surface area contributed by atoms with Crippen LogP contribution in [-0.2, 0) is 31.2 Å². The second-order valence-electron chi connectivity index (χ2n) is 12.4. The number of fused-ring (bicyclic) bond motifs is 2. The van der Waals surface area contributed by atoms with Gasteiger partial charge in [0.25, 0.3) is 5.91 Å². The SMILES string of the molecule is COC(=O)CCCCN1C(=O)[C@@]2(O[C@@H](CCn3cc(C(CO)c4ccccc4)nn3)[C@H]([Si](C)(C)O)[C@H]2C)c2cc(Cl)ccc21. The largest absolute Gasteiger partial charge is 0.469 e. The second-order valence-corrected chi connectivity index (χ2v) is 16.8. The number of halogens is 1. The van der Waals surface area contributed by atoms with Crippen molar-refractivity contribution in [2.45, 2.75) is 75.4 Å². The Kier molecular flexibility index (Phi) is 9.62. The molecule has 2 aromatic carbocycles. The topological polar surface area (TPSA) is 127 Å². The molecule has 5 rings (SSSR count). The smallest absolute Gasteiger partial charge is 0.305 e. The lowest BCUT2D eigenvalue weighted by Gasteiger charge is -2.32. The monoisotopic (exact) mass is 640 g/mol. The summed E-state index contributed by atoms with van der Waals surface area (Å²) in [6, 6.07) is 15.1. The molecule has 12 heteroatoms. The van der Waals surface area contributed by atoms with Crippen LogP contribution in [-0.4, -0.2) is 71.5 Å². The van der Waals surface area contributed by atoms with Gasteiger partial charge in [0.1, 0.15) is 0 Å². The Morgan fingerprint density at radius 3 is 2.61 bits per heavy atom. The van der Waals surface area contributed by atoms with Gasteiger partial charge in [-0.1, -0.05) is 54.1 Å². The molecule has 2 N–H and O–H groups in total. The minimum absolute atomic E-state index is 0.0931. The number of esters is 1. The van der Waals surface area contributed by atoms with E-state index in [4.69, 9.17) is 21.1 Å². The van der Waals surface area contributed by atoms with Gasteiger partial charge in [0.2, 0.25) is 0 Å². The Labute approximate surface area is 264 Å². The highest BCUT2D eigenvalue weighted by molar-refractivity contribution is 6.71. The molecule has 1 amide bonds. The van der Waals surface area contributed by atoms with Crippen LogP contribution >= 0.6 is 11.6 Å². The van der Waals surface area contributed by atoms with Gasteiger partial charge >= 0.3 is 5.97 Å². The molecule has 10 nitrogen and oxygen atoms in total. The van der Waals surface area contributed by atoms with Crippen molar-refractivity contribution in [3.8, 4) is 0 Å². The summed E-state index contributed by atoms with van der Waals surface area (Å²) < 4.78 is 13.4. The highest BCUT2D eigenvalue weighted by atomic mass is 35.5. The lowest BCUT2D eigenvalue weighted by Crippen LogP contribution is -2.46. The maximum atomic E-state index is 14.4. The number of ether oxygens (including phenoxy) is 2. The van der Waals surface area contributed by atoms with Crippen molar-refractivity contribution < 1.29 is 29.0 Å². The van der Waals surface area contributed by atoms with E-state index in [9.17, 15) is 19.5 Å². The van der Waals surface area contributed by atoms with Crippen molar-refractivity contribution in [1.29, 1.82) is 0 Å². The summed E-state index contributed by atoms with van der Waals surface area (Å²) in [4.78, 5) is 39.3. The molecule has 2 aliphatic rings. The lowest BCUT2D eigenvalue weighted by molar-refractivity contribution is -0.146. The quantitative estimate of drug-likeness (QED) is 0.167. The number of anilines is 1. The molecule has 1 spiro atoms. The van der Waals surface area contributed by atoms with Crippen LogP contribution in [0.25, 0.3) is 0 Å². The Bertz CT molecular complexity index is 1480. The molecule has 44 heavy (non-hydrogen) atoms. The van der Waals surface area contributed by atoms with Gasteiger partial charge in [0, 0.05) is 47.8 Å². The number of methoxy groups -OCH3 is 1. The molecule has 0 aliphatic carbocycles. The molecule has 0 bridgehead atoms. The first-order valence-corrected chi connectivity index (χ1v) is 18.6. The van der Waals surface area contributed by atoms with Crippen LogP contribution in [0.1, 0.15) is 55.3 Å². The van der Waals surface area contributed by atoms with Crippen molar-refractivity contribution in [1.82, 2.24) is 15.0 Å². The summed E-state index contributed by atoms with van der Waals surface area (Å²) in [6.45, 7) is 6.58. The van der Waals surface area contributed by atoms with Gasteiger partial charge in [-0.3, -0.25) is 14.3 Å². The molecule has 3 heterocycles. The van der Waals surface area contributed by atoms with Crippen LogP contribution in [0.2, 0.25) is 23.7 Å². The lowest BCUT2D eigenvalue weighted by atomic mass is 9.82. The Morgan fingerprint density at radius 2 is 1.93 bits per heavy atom. The van der Waals surface area contributed by atoms with Gasteiger partial charge in [-0.2, -0.15) is 0 Å². The van der Waals surface area contributed by atoms with Gasteiger partial charge < -0.3 is 24.3 Å². The van der Waals surface area contributed by atoms with E-state index in [0.717, 1.165) is 16.8 Å². The zero-order valence-electron chi connectivity index (χ0n) is 25.6. The Morgan fingerprint density at radius 1 is 1.18 bits per heavy atom. The fraction of sp³-hybridized carbons (Fsp3) is 0.500. The van der Waals surface area contributed by atoms with Crippen LogP contribution in [0.4, 0.5) is 5.69 Å². The zero-order valence-corrected chi connectivity index (χ0v) is 27.4. The van der Waals surface area contributed by atoms with Crippen LogP contribution in [0.5, 0.6) is 0 Å². The van der Waals surface area contributed by atoms with E-state index in [1.54, 1.807) is 15.6 Å². The Hall–Kier alpha value is -3.09. The van der Waals surface area contributed by atoms with Crippen molar-refractivity contribution in [3.05, 3.63) is 76.6 Å². The molecule has 0 radical (unpaired) electrons. The first-order chi connectivity index (χ1) is 21.0. The summed E-state index contributed by atoms with van der Waals surface area (Å²) in [5.41, 5.74) is 1.57. The summed E-state index contributed by atoms with van der Waals surface area (Å²) in [6.07, 6.45) is 3.42. The average Bonchev–Trinajstić information content (AvgIpc) is 3.65. The number of amides is 1. The molecule has 2 aliphatic heterocycles. The van der Waals surface area contributed by atoms with Gasteiger partial charge in [0.05, 0.1) is 37.1 Å². The van der Waals surface area contributed by atoms with E-state index in [1.165, 1.54) is 7.11 Å². The van der Waals surface area contributed by atoms with Crippen molar-refractivity contribution in [2.24, 2.45) is 5.92 Å². The summed E-state index contributed by atoms with van der Waals surface area (Å²) >= 11 is 6.48. The van der Waals surface area contributed by atoms with Crippen molar-refractivity contribution in [2.75, 3.05) is 25.2 Å². The van der Waals surface area contributed by atoms with Crippen molar-refractivity contribution in [3.63, 3.8) is 0 Å². The average molecular weight is 641 g/mol. The van der Waals surface area contributed by atoms with Gasteiger partial charge in [0.15, 0.2) is 13.9 Å². The summed E-state index contributed by atoms with van der Waals surface area (Å²) in [7, 11) is -1.47. The third-order valence-electron chi connectivity index (χ3n) is 9.13. The number of carbonyl (C=O) groups is 2. The van der Waals surface area contributed by atoms with Crippen LogP contribution in [0.3, 0.4) is 0 Å². The first-order valence-electron chi connectivity index (χ1n) is 15.2. The fourth-order valence-corrected chi connectivity index (χ4v) is 9.85. The molecule has 0 saturated carbocycles. The minimum Gasteiger partial charge on any atom is -0.469 e. The molecule has 236 valence electrons. The third-order valence-corrected chi connectivity index (χ3v) is 11.9. The van der Waals surface area contributed by atoms with Gasteiger partial charge in [-0.15, -0.1) is 5.10 Å². The van der Waals surface area contributed by atoms with Crippen LogP contribution in [0.15, 0.2) is 54.7 Å². The molecule has 1 fully saturated rings. The predicted molar refractivity (Wildman–Crippen MR) is 169 cm³/mol. The van der Waals surface area contributed by atoms with E-state index in [-0.39, 0.29) is 42.3 Å². The van der Waals surface area contributed by atoms with E-state index in [1.807, 2.05) is 68.7 Å². The third kappa shape index (κ3) is 6.08. The van der Waals surface area contributed by atoms with Gasteiger partial charge in [-0.05, 0) is 56.1 Å². The number of aliphatic hydroxyl groups excluding tert-OH is 1. The van der Waals surface area contributed by atoms with Crippen molar-refractivity contribution >= 4 is 37.5 Å². The Balaban J connectivity index is 1.39. The normalized spacial score (nSPS) is 23.8. The molecule has 1 unspecified atom stereocenters. The van der Waals surface area contributed by atoms with Crippen LogP contribution in [0, 0.1) is 5.92 Å². The molecule has 5 atom stereocenters. The molecular formula is C32H41ClN4O6Si. The van der Waals surface area contributed by atoms with Gasteiger partial charge in [-0.25, -0.2) is 0 Å². The highest BCUT2D eigenvalue weighted by Gasteiger charge is 2.66. The number of aliphatic hydroxyl groups is 1. The van der Waals surface area contributed by atoms with E-state index >= 15 is 0 Å². The number of aryl methyl sites for hydroxylation is 1. The number of aromatic nitrogens is 3. The number of rotatable bonds is 12. The minimum atomic E-state index is -2.84. The molecule has 1 saturated heterocycles. The van der Waals surface area contributed by atoms with E-state index in [2.05, 4.69) is 10.3 Å². The fourth-order valence-electron chi connectivity index (χ4n) is 7.08. The van der Waals surface area contributed by atoms with Crippen LogP contribution < -0.4 is 4.90 Å². The second kappa shape index (κ2) is 13.1.